The van der Waals surface area contributed by atoms with Crippen LogP contribution in [0.25, 0.3) is 38.9 Å². The van der Waals surface area contributed by atoms with E-state index in [2.05, 4.69) is 15.1 Å². The van der Waals surface area contributed by atoms with E-state index in [9.17, 15) is 5.11 Å². The number of halogens is 1. The van der Waals surface area contributed by atoms with E-state index >= 15 is 4.39 Å². The molecule has 3 N–H and O–H groups in total. The van der Waals surface area contributed by atoms with Gasteiger partial charge in [0.15, 0.2) is 11.6 Å². The van der Waals surface area contributed by atoms with E-state index in [-0.39, 0.29) is 29.1 Å². The van der Waals surface area contributed by atoms with Gasteiger partial charge in [-0.15, -0.1) is 0 Å². The van der Waals surface area contributed by atoms with Gasteiger partial charge in [0, 0.05) is 22.4 Å². The number of imidazole rings is 1. The predicted molar refractivity (Wildman–Crippen MR) is 124 cm³/mol. The summed E-state index contributed by atoms with van der Waals surface area (Å²) in [4.78, 5) is 13.3. The van der Waals surface area contributed by atoms with Crippen LogP contribution in [0.1, 0.15) is 32.9 Å². The molecular formula is C25H21FN6O. The molecule has 3 heterocycles. The summed E-state index contributed by atoms with van der Waals surface area (Å²) in [5.74, 6) is -0.0250. The second kappa shape index (κ2) is 7.05. The van der Waals surface area contributed by atoms with Crippen molar-refractivity contribution in [2.75, 3.05) is 5.73 Å². The largest absolute Gasteiger partial charge is 0.390 e. The first-order valence-corrected chi connectivity index (χ1v) is 10.7. The number of aromatic nitrogens is 5. The van der Waals surface area contributed by atoms with Gasteiger partial charge in [0.2, 0.25) is 0 Å². The molecule has 1 fully saturated rings. The molecule has 0 radical (unpaired) electrons. The third-order valence-electron chi connectivity index (χ3n) is 6.30. The van der Waals surface area contributed by atoms with Crippen molar-refractivity contribution in [2.24, 2.45) is 0 Å². The lowest BCUT2D eigenvalue weighted by Crippen LogP contribution is -2.40. The maximum absolute atomic E-state index is 15.9. The number of nitrogen functional groups attached to an aromatic ring is 1. The quantitative estimate of drug-likeness (QED) is 0.431. The summed E-state index contributed by atoms with van der Waals surface area (Å²) >= 11 is 0. The molecule has 2 aromatic carbocycles. The van der Waals surface area contributed by atoms with Crippen molar-refractivity contribution in [1.29, 1.82) is 0 Å². The molecule has 1 aliphatic carbocycles. The van der Waals surface area contributed by atoms with Gasteiger partial charge in [-0.1, -0.05) is 42.5 Å². The van der Waals surface area contributed by atoms with Crippen molar-refractivity contribution in [1.82, 2.24) is 24.6 Å². The summed E-state index contributed by atoms with van der Waals surface area (Å²) in [6.07, 6.45) is 0.727. The van der Waals surface area contributed by atoms with Gasteiger partial charge in [-0.2, -0.15) is 5.10 Å². The topological polar surface area (TPSA) is 102 Å². The highest BCUT2D eigenvalue weighted by atomic mass is 19.1. The van der Waals surface area contributed by atoms with Crippen LogP contribution in [0.4, 0.5) is 10.2 Å². The second-order valence-corrected chi connectivity index (χ2v) is 8.84. The van der Waals surface area contributed by atoms with Crippen molar-refractivity contribution in [3.8, 4) is 22.5 Å². The lowest BCUT2D eigenvalue weighted by molar-refractivity contribution is -0.0337. The molecule has 0 bridgehead atoms. The Balaban J connectivity index is 1.56. The molecule has 33 heavy (non-hydrogen) atoms. The third-order valence-corrected chi connectivity index (χ3v) is 6.30. The molecule has 0 saturated heterocycles. The van der Waals surface area contributed by atoms with Gasteiger partial charge >= 0.3 is 0 Å². The zero-order chi connectivity index (χ0) is 23.6. The summed E-state index contributed by atoms with van der Waals surface area (Å²) < 4.78 is 25.3. The molecular weight excluding hydrogens is 419 g/mol. The van der Waals surface area contributed by atoms with Crippen molar-refractivity contribution in [3.05, 3.63) is 72.5 Å². The molecule has 164 valence electrons. The second-order valence-electron chi connectivity index (χ2n) is 8.84. The minimum absolute atomic E-state index is 0.0466. The molecule has 1 saturated carbocycles. The number of benzene rings is 2. The number of hydrogen-bond donors (Lipinski definition) is 2. The minimum atomic E-state index is -0.787. The number of pyridine rings is 1. The van der Waals surface area contributed by atoms with Crippen molar-refractivity contribution < 1.29 is 10.9 Å². The molecule has 0 atom stereocenters. The normalized spacial score (nSPS) is 20.7. The van der Waals surface area contributed by atoms with Crippen LogP contribution in [0.5, 0.6) is 0 Å². The average molecular weight is 441 g/mol. The van der Waals surface area contributed by atoms with E-state index < -0.39 is 11.4 Å². The summed E-state index contributed by atoms with van der Waals surface area (Å²) in [6, 6.07) is 16.7. The summed E-state index contributed by atoms with van der Waals surface area (Å²) in [7, 11) is 0. The fraction of sp³-hybridized carbons (Fsp3) is 0.200. The van der Waals surface area contributed by atoms with Gasteiger partial charge in [0.25, 0.3) is 0 Å². The van der Waals surface area contributed by atoms with Crippen molar-refractivity contribution in [3.63, 3.8) is 0 Å². The maximum Gasteiger partial charge on any atom is 0.158 e. The number of anilines is 1. The highest BCUT2D eigenvalue weighted by Gasteiger charge is 2.42. The van der Waals surface area contributed by atoms with E-state index in [4.69, 9.17) is 12.1 Å². The van der Waals surface area contributed by atoms with Crippen LogP contribution in [-0.4, -0.2) is 35.3 Å². The molecule has 3 aromatic heterocycles. The van der Waals surface area contributed by atoms with Crippen LogP contribution >= 0.6 is 0 Å². The van der Waals surface area contributed by atoms with Crippen LogP contribution in [0.15, 0.2) is 60.9 Å². The maximum atomic E-state index is 15.9. The Morgan fingerprint density at radius 2 is 1.88 bits per heavy atom. The summed E-state index contributed by atoms with van der Waals surface area (Å²) in [5.41, 5.74) is 8.03. The molecule has 1 aliphatic rings. The van der Waals surface area contributed by atoms with Crippen LogP contribution < -0.4 is 5.73 Å². The van der Waals surface area contributed by atoms with E-state index in [0.29, 0.717) is 41.0 Å². The first kappa shape index (κ1) is 18.6. The Kier molecular flexibility index (Phi) is 3.98. The van der Waals surface area contributed by atoms with Gasteiger partial charge in [0.1, 0.15) is 30.2 Å². The zero-order valence-electron chi connectivity index (χ0n) is 18.8. The van der Waals surface area contributed by atoms with Gasteiger partial charge in [-0.05, 0) is 31.9 Å². The van der Waals surface area contributed by atoms with Crippen LogP contribution in [0.3, 0.4) is 0 Å². The van der Waals surface area contributed by atoms with Crippen LogP contribution in [-0.2, 0) is 0 Å². The van der Waals surface area contributed by atoms with Crippen molar-refractivity contribution >= 4 is 22.2 Å². The van der Waals surface area contributed by atoms with E-state index in [1.54, 1.807) is 19.1 Å². The number of hydrogen-bond acceptors (Lipinski definition) is 6. The monoisotopic (exact) mass is 441 g/mol. The fourth-order valence-corrected chi connectivity index (χ4v) is 4.68. The van der Waals surface area contributed by atoms with E-state index in [0.717, 1.165) is 5.56 Å². The lowest BCUT2D eigenvalue weighted by atomic mass is 9.72. The molecule has 5 aromatic rings. The zero-order valence-corrected chi connectivity index (χ0v) is 17.8. The van der Waals surface area contributed by atoms with Crippen molar-refractivity contribution in [2.45, 2.75) is 31.3 Å². The number of aliphatic hydroxyl groups is 1. The molecule has 0 amide bonds. The standard InChI is InChI=1S/C25H21FN6O/c1-25(33)11-16(12-25)24-31-21(22-23(27)28-13-29-32(22)24)17-9-7-15-8-10-18(30-20(15)19(17)26)14-5-3-2-4-6-14/h2-10,13,16,33H,11-12H2,1H3,(H2,27,28,29)/t16-,25+/i13D. The number of nitrogens with two attached hydrogens (primary N) is 1. The molecule has 0 spiro atoms. The van der Waals surface area contributed by atoms with Crippen LogP contribution in [0.2, 0.25) is 0 Å². The Morgan fingerprint density at radius 3 is 2.64 bits per heavy atom. The Labute approximate surface area is 190 Å². The lowest BCUT2D eigenvalue weighted by Gasteiger charge is -2.39. The van der Waals surface area contributed by atoms with Gasteiger partial charge in [0.05, 0.1) is 11.3 Å². The third kappa shape index (κ3) is 3.14. The highest BCUT2D eigenvalue weighted by molar-refractivity contribution is 5.91. The molecule has 6 rings (SSSR count). The fourth-order valence-electron chi connectivity index (χ4n) is 4.68. The molecule has 0 unspecified atom stereocenters. The predicted octanol–water partition coefficient (Wildman–Crippen LogP) is 4.36. The minimum Gasteiger partial charge on any atom is -0.390 e. The SMILES string of the molecule is [2H]c1nc(N)c2c(-c3ccc4ccc(-c5ccccc5)nc4c3F)nc([C@H]3C[C@@](C)(O)C3)n2n1. The molecule has 0 aliphatic heterocycles. The van der Waals surface area contributed by atoms with Crippen LogP contribution in [0, 0.1) is 5.82 Å². The summed E-state index contributed by atoms with van der Waals surface area (Å²) in [6.45, 7) is 1.76. The van der Waals surface area contributed by atoms with Gasteiger partial charge in [-0.25, -0.2) is 23.9 Å². The first-order valence-electron chi connectivity index (χ1n) is 11.2. The average Bonchev–Trinajstić information content (AvgIpc) is 3.17. The molecule has 8 heteroatoms. The number of fused-ring (bicyclic) bond motifs is 2. The first-order chi connectivity index (χ1) is 16.3. The summed E-state index contributed by atoms with van der Waals surface area (Å²) in [5, 5.41) is 15.1. The Morgan fingerprint density at radius 1 is 1.12 bits per heavy atom. The van der Waals surface area contributed by atoms with E-state index in [1.807, 2.05) is 42.5 Å². The van der Waals surface area contributed by atoms with Gasteiger partial charge < -0.3 is 10.8 Å². The Hall–Kier alpha value is -3.91. The molecule has 7 nitrogen and oxygen atoms in total. The number of nitrogens with zero attached hydrogens (tertiary/aromatic N) is 5. The number of rotatable bonds is 3. The Bertz CT molecular complexity index is 1580. The van der Waals surface area contributed by atoms with Gasteiger partial charge in [-0.3, -0.25) is 0 Å². The van der Waals surface area contributed by atoms with E-state index in [1.165, 1.54) is 4.52 Å². The smallest absolute Gasteiger partial charge is 0.158 e. The highest BCUT2D eigenvalue weighted by Crippen LogP contribution is 2.45.